The maximum atomic E-state index is 12.6. The fraction of sp³-hybridized carbons (Fsp3) is 0.389. The minimum atomic E-state index is -0.437. The fourth-order valence-corrected chi connectivity index (χ4v) is 2.48. The lowest BCUT2D eigenvalue weighted by atomic mass is 9.89. The summed E-state index contributed by atoms with van der Waals surface area (Å²) >= 11 is 0. The number of ether oxygens (including phenoxy) is 1. The Bertz CT molecular complexity index is 674. The van der Waals surface area contributed by atoms with Gasteiger partial charge in [0, 0.05) is 18.0 Å². The zero-order valence-corrected chi connectivity index (χ0v) is 13.2. The van der Waals surface area contributed by atoms with Crippen LogP contribution in [0.5, 0.6) is 0 Å². The van der Waals surface area contributed by atoms with Gasteiger partial charge in [-0.05, 0) is 24.3 Å². The van der Waals surface area contributed by atoms with Crippen LogP contribution in [0.25, 0.3) is 10.8 Å². The summed E-state index contributed by atoms with van der Waals surface area (Å²) in [6, 6.07) is 9.50. The Morgan fingerprint density at radius 3 is 2.59 bits per heavy atom. The van der Waals surface area contributed by atoms with E-state index in [1.54, 1.807) is 13.1 Å². The first kappa shape index (κ1) is 16.1. The van der Waals surface area contributed by atoms with Crippen LogP contribution in [0.15, 0.2) is 36.5 Å². The van der Waals surface area contributed by atoms with E-state index in [4.69, 9.17) is 4.74 Å². The van der Waals surface area contributed by atoms with Crippen LogP contribution in [0, 0.1) is 11.8 Å². The van der Waals surface area contributed by atoms with E-state index in [-0.39, 0.29) is 24.1 Å². The van der Waals surface area contributed by atoms with Gasteiger partial charge in [-0.25, -0.2) is 0 Å². The number of ketones is 1. The van der Waals surface area contributed by atoms with Crippen molar-refractivity contribution >= 4 is 22.5 Å². The maximum absolute atomic E-state index is 12.6. The lowest BCUT2D eigenvalue weighted by Crippen LogP contribution is -2.26. The number of fused-ring (bicyclic) bond motifs is 1. The minimum Gasteiger partial charge on any atom is -0.466 e. The van der Waals surface area contributed by atoms with Crippen molar-refractivity contribution in [2.24, 2.45) is 11.8 Å². The monoisotopic (exact) mass is 299 g/mol. The van der Waals surface area contributed by atoms with Gasteiger partial charge >= 0.3 is 5.97 Å². The lowest BCUT2D eigenvalue weighted by molar-refractivity contribution is -0.149. The number of hydrogen-bond donors (Lipinski definition) is 0. The third kappa shape index (κ3) is 3.50. The van der Waals surface area contributed by atoms with Gasteiger partial charge in [-0.1, -0.05) is 38.1 Å². The molecule has 0 saturated carbocycles. The molecule has 4 heteroatoms. The van der Waals surface area contributed by atoms with Crippen LogP contribution in [0.3, 0.4) is 0 Å². The maximum Gasteiger partial charge on any atom is 0.309 e. The van der Waals surface area contributed by atoms with Crippen LogP contribution in [0.1, 0.15) is 37.7 Å². The Balaban J connectivity index is 2.28. The smallest absolute Gasteiger partial charge is 0.309 e. The molecule has 1 aromatic carbocycles. The Morgan fingerprint density at radius 1 is 1.18 bits per heavy atom. The van der Waals surface area contributed by atoms with Crippen molar-refractivity contribution in [1.29, 1.82) is 0 Å². The number of benzene rings is 1. The van der Waals surface area contributed by atoms with Crippen LogP contribution in [-0.4, -0.2) is 23.3 Å². The summed E-state index contributed by atoms with van der Waals surface area (Å²) in [6.07, 6.45) is 1.75. The fourth-order valence-electron chi connectivity index (χ4n) is 2.48. The van der Waals surface area contributed by atoms with E-state index in [2.05, 4.69) is 4.98 Å². The van der Waals surface area contributed by atoms with Crippen molar-refractivity contribution in [3.05, 3.63) is 42.2 Å². The van der Waals surface area contributed by atoms with E-state index in [0.717, 1.165) is 10.8 Å². The van der Waals surface area contributed by atoms with Crippen LogP contribution >= 0.6 is 0 Å². The number of pyridine rings is 1. The highest BCUT2D eigenvalue weighted by molar-refractivity contribution is 6.07. The van der Waals surface area contributed by atoms with Crippen molar-refractivity contribution in [3.63, 3.8) is 0 Å². The molecule has 0 aliphatic heterocycles. The van der Waals surface area contributed by atoms with Crippen molar-refractivity contribution in [1.82, 2.24) is 4.98 Å². The van der Waals surface area contributed by atoms with Crippen molar-refractivity contribution in [2.75, 3.05) is 6.61 Å². The quantitative estimate of drug-likeness (QED) is 0.603. The molecular weight excluding hydrogens is 278 g/mol. The summed E-state index contributed by atoms with van der Waals surface area (Å²) in [6.45, 7) is 5.93. The molecule has 0 amide bonds. The number of Topliss-reactive ketones (excluding diaryl/α,β-unsaturated/α-hetero) is 1. The van der Waals surface area contributed by atoms with E-state index in [1.165, 1.54) is 0 Å². The first-order valence-corrected chi connectivity index (χ1v) is 7.58. The molecule has 0 aliphatic rings. The van der Waals surface area contributed by atoms with E-state index in [9.17, 15) is 9.59 Å². The molecule has 0 fully saturated rings. The number of hydrogen-bond acceptors (Lipinski definition) is 4. The SMILES string of the molecule is CCOC(=O)C(CC(=O)c1nccc2ccccc12)C(C)C. The Morgan fingerprint density at radius 2 is 1.91 bits per heavy atom. The first-order chi connectivity index (χ1) is 10.5. The number of carbonyl (C=O) groups excluding carboxylic acids is 2. The molecule has 22 heavy (non-hydrogen) atoms. The standard InChI is InChI=1S/C18H21NO3/c1-4-22-18(21)15(12(2)3)11-16(20)17-14-8-6-5-7-13(14)9-10-19-17/h5-10,12,15H,4,11H2,1-3H3. The predicted molar refractivity (Wildman–Crippen MR) is 85.7 cm³/mol. The van der Waals surface area contributed by atoms with Crippen LogP contribution in [0.2, 0.25) is 0 Å². The topological polar surface area (TPSA) is 56.3 Å². The number of carbonyl (C=O) groups is 2. The molecule has 0 saturated heterocycles. The molecular formula is C18H21NO3. The van der Waals surface area contributed by atoms with Crippen molar-refractivity contribution < 1.29 is 14.3 Å². The summed E-state index contributed by atoms with van der Waals surface area (Å²) in [5.41, 5.74) is 0.424. The summed E-state index contributed by atoms with van der Waals surface area (Å²) in [7, 11) is 0. The second-order valence-electron chi connectivity index (χ2n) is 5.61. The van der Waals surface area contributed by atoms with Gasteiger partial charge in [-0.3, -0.25) is 14.6 Å². The lowest BCUT2D eigenvalue weighted by Gasteiger charge is -2.18. The largest absolute Gasteiger partial charge is 0.466 e. The first-order valence-electron chi connectivity index (χ1n) is 7.58. The second-order valence-corrected chi connectivity index (χ2v) is 5.61. The van der Waals surface area contributed by atoms with E-state index < -0.39 is 5.92 Å². The Hall–Kier alpha value is -2.23. The molecule has 1 heterocycles. The molecule has 0 spiro atoms. The van der Waals surface area contributed by atoms with Crippen molar-refractivity contribution in [3.8, 4) is 0 Å². The highest BCUT2D eigenvalue weighted by Crippen LogP contribution is 2.23. The molecule has 1 atom stereocenters. The molecule has 1 aromatic heterocycles. The van der Waals surface area contributed by atoms with E-state index >= 15 is 0 Å². The summed E-state index contributed by atoms with van der Waals surface area (Å²) in [4.78, 5) is 28.9. The Labute approximate surface area is 130 Å². The van der Waals surface area contributed by atoms with Gasteiger partial charge in [-0.2, -0.15) is 0 Å². The molecule has 2 rings (SSSR count). The molecule has 0 N–H and O–H groups in total. The average Bonchev–Trinajstić information content (AvgIpc) is 2.51. The van der Waals surface area contributed by atoms with Gasteiger partial charge in [0.05, 0.1) is 12.5 Å². The molecule has 0 radical (unpaired) electrons. The molecule has 0 aliphatic carbocycles. The second kappa shape index (κ2) is 7.16. The minimum absolute atomic E-state index is 0.0398. The molecule has 1 unspecified atom stereocenters. The van der Waals surface area contributed by atoms with Crippen LogP contribution in [0.4, 0.5) is 0 Å². The van der Waals surface area contributed by atoms with Gasteiger partial charge in [0.25, 0.3) is 0 Å². The number of nitrogens with zero attached hydrogens (tertiary/aromatic N) is 1. The zero-order chi connectivity index (χ0) is 16.1. The van der Waals surface area contributed by atoms with Gasteiger partial charge in [0.15, 0.2) is 5.78 Å². The summed E-state index contributed by atoms with van der Waals surface area (Å²) < 4.78 is 5.08. The number of esters is 1. The summed E-state index contributed by atoms with van der Waals surface area (Å²) in [5, 5.41) is 1.79. The predicted octanol–water partition coefficient (Wildman–Crippen LogP) is 3.64. The molecule has 0 bridgehead atoms. The normalized spacial score (nSPS) is 12.4. The van der Waals surface area contributed by atoms with Crippen LogP contribution in [-0.2, 0) is 9.53 Å². The van der Waals surface area contributed by atoms with E-state index in [1.807, 2.05) is 44.2 Å². The summed E-state index contributed by atoms with van der Waals surface area (Å²) in [5.74, 6) is -0.833. The third-order valence-corrected chi connectivity index (χ3v) is 3.74. The van der Waals surface area contributed by atoms with Gasteiger partial charge in [0.1, 0.15) is 5.69 Å². The van der Waals surface area contributed by atoms with Crippen molar-refractivity contribution in [2.45, 2.75) is 27.2 Å². The number of rotatable bonds is 6. The third-order valence-electron chi connectivity index (χ3n) is 3.74. The van der Waals surface area contributed by atoms with E-state index in [0.29, 0.717) is 12.3 Å². The van der Waals surface area contributed by atoms with Gasteiger partial charge in [-0.15, -0.1) is 0 Å². The zero-order valence-electron chi connectivity index (χ0n) is 13.2. The molecule has 2 aromatic rings. The molecule has 116 valence electrons. The van der Waals surface area contributed by atoms with Gasteiger partial charge < -0.3 is 4.74 Å². The highest BCUT2D eigenvalue weighted by atomic mass is 16.5. The average molecular weight is 299 g/mol. The highest BCUT2D eigenvalue weighted by Gasteiger charge is 2.27. The van der Waals surface area contributed by atoms with Gasteiger partial charge in [0.2, 0.25) is 0 Å². The Kier molecular flexibility index (Phi) is 5.26. The molecule has 4 nitrogen and oxygen atoms in total. The number of aromatic nitrogens is 1. The van der Waals surface area contributed by atoms with Crippen LogP contribution < -0.4 is 0 Å².